The molecule has 1 saturated carbocycles. The molecule has 0 bridgehead atoms. The highest BCUT2D eigenvalue weighted by Crippen LogP contribution is 2.33. The summed E-state index contributed by atoms with van der Waals surface area (Å²) in [5.41, 5.74) is 8.06. The standard InChI is InChI=1S/C27H22ClFN6O4S/c1-14-8-25(39-24-5-3-2-4-18(24)28)31-13-23(14)35-27(30)17(12-32-35)26(36)22-10-15-9-19(29)21(11-20(15)33-22)34-40(37,38)16-6-7-16/h2-5,8-13,16,33-34H,6-7,30H2,1H3. The van der Waals surface area contributed by atoms with Gasteiger partial charge in [0.15, 0.2) is 0 Å². The number of halogens is 2. The number of aromatic nitrogens is 4. The van der Waals surface area contributed by atoms with E-state index in [9.17, 15) is 17.6 Å². The third-order valence-corrected chi connectivity index (χ3v) is 8.72. The Morgan fingerprint density at radius 1 is 1.20 bits per heavy atom. The second kappa shape index (κ2) is 9.65. The van der Waals surface area contributed by atoms with E-state index >= 15 is 0 Å². The molecule has 6 rings (SSSR count). The summed E-state index contributed by atoms with van der Waals surface area (Å²) in [7, 11) is -3.65. The van der Waals surface area contributed by atoms with Gasteiger partial charge in [-0.25, -0.2) is 22.5 Å². The van der Waals surface area contributed by atoms with Crippen LogP contribution in [0.2, 0.25) is 5.02 Å². The molecule has 3 aromatic heterocycles. The predicted octanol–water partition coefficient (Wildman–Crippen LogP) is 5.36. The monoisotopic (exact) mass is 580 g/mol. The van der Waals surface area contributed by atoms with Gasteiger partial charge in [0.05, 0.1) is 45.3 Å². The number of para-hydroxylation sites is 1. The van der Waals surface area contributed by atoms with Gasteiger partial charge in [-0.3, -0.25) is 9.52 Å². The van der Waals surface area contributed by atoms with Crippen LogP contribution >= 0.6 is 11.6 Å². The molecule has 1 aliphatic rings. The van der Waals surface area contributed by atoms with Gasteiger partial charge in [0, 0.05) is 17.0 Å². The first kappa shape index (κ1) is 25.8. The highest BCUT2D eigenvalue weighted by Gasteiger charge is 2.36. The molecule has 0 atom stereocenters. The molecule has 0 aliphatic heterocycles. The van der Waals surface area contributed by atoms with Crippen molar-refractivity contribution in [3.05, 3.63) is 88.6 Å². The number of ketones is 1. The number of aromatic amines is 1. The fourth-order valence-electron chi connectivity index (χ4n) is 4.28. The zero-order chi connectivity index (χ0) is 28.2. The van der Waals surface area contributed by atoms with E-state index in [0.717, 1.165) is 5.56 Å². The Labute approximate surface area is 233 Å². The van der Waals surface area contributed by atoms with E-state index in [1.54, 1.807) is 30.3 Å². The number of nitrogen functional groups attached to an aromatic ring is 1. The van der Waals surface area contributed by atoms with Gasteiger partial charge in [0.25, 0.3) is 0 Å². The number of hydrogen-bond acceptors (Lipinski definition) is 7. The number of carbonyl (C=O) groups excluding carboxylic acids is 1. The van der Waals surface area contributed by atoms with Crippen molar-refractivity contribution < 1.29 is 22.3 Å². The molecule has 0 unspecified atom stereocenters. The van der Waals surface area contributed by atoms with Crippen LogP contribution < -0.4 is 15.2 Å². The van der Waals surface area contributed by atoms with Gasteiger partial charge < -0.3 is 15.5 Å². The number of fused-ring (bicyclic) bond motifs is 1. The number of nitrogens with one attached hydrogen (secondary N) is 2. The average Bonchev–Trinajstić information content (AvgIpc) is 3.61. The zero-order valence-electron chi connectivity index (χ0n) is 21.0. The van der Waals surface area contributed by atoms with Crippen LogP contribution in [-0.2, 0) is 10.0 Å². The van der Waals surface area contributed by atoms with Crippen molar-refractivity contribution in [2.24, 2.45) is 0 Å². The van der Waals surface area contributed by atoms with Crippen molar-refractivity contribution in [3.8, 4) is 17.3 Å². The van der Waals surface area contributed by atoms with E-state index in [1.807, 2.05) is 6.92 Å². The molecular formula is C27H22ClFN6O4S. The van der Waals surface area contributed by atoms with Crippen LogP contribution in [0.4, 0.5) is 15.9 Å². The second-order valence-corrected chi connectivity index (χ2v) is 11.8. The van der Waals surface area contributed by atoms with Crippen molar-refractivity contribution in [3.63, 3.8) is 0 Å². The Bertz CT molecular complexity index is 1920. The molecule has 0 spiro atoms. The van der Waals surface area contributed by atoms with Gasteiger partial charge in [0.2, 0.25) is 21.7 Å². The van der Waals surface area contributed by atoms with E-state index in [0.29, 0.717) is 46.1 Å². The third-order valence-electron chi connectivity index (χ3n) is 6.56. The molecule has 40 heavy (non-hydrogen) atoms. The summed E-state index contributed by atoms with van der Waals surface area (Å²) in [5.74, 6) is -0.351. The van der Waals surface area contributed by atoms with E-state index in [2.05, 4.69) is 19.8 Å². The first-order chi connectivity index (χ1) is 19.1. The topological polar surface area (TPSA) is 145 Å². The molecule has 13 heteroatoms. The minimum absolute atomic E-state index is 0.0809. The fourth-order valence-corrected chi connectivity index (χ4v) is 5.84. The molecule has 10 nitrogen and oxygen atoms in total. The molecule has 0 saturated heterocycles. The van der Waals surface area contributed by atoms with Gasteiger partial charge in [-0.15, -0.1) is 0 Å². The maximum Gasteiger partial charge on any atom is 0.235 e. The largest absolute Gasteiger partial charge is 0.437 e. The molecule has 1 aliphatic carbocycles. The summed E-state index contributed by atoms with van der Waals surface area (Å²) < 4.78 is 48.6. The first-order valence-corrected chi connectivity index (χ1v) is 14.1. The third kappa shape index (κ3) is 4.75. The van der Waals surface area contributed by atoms with Crippen LogP contribution in [0, 0.1) is 12.7 Å². The smallest absolute Gasteiger partial charge is 0.235 e. The number of anilines is 2. The highest BCUT2D eigenvalue weighted by atomic mass is 35.5. The number of rotatable bonds is 8. The maximum atomic E-state index is 14.6. The summed E-state index contributed by atoms with van der Waals surface area (Å²) in [5, 5.41) is 4.62. The SMILES string of the molecule is Cc1cc(Oc2ccccc2Cl)ncc1-n1ncc(C(=O)c2cc3cc(F)c(NS(=O)(=O)C4CC4)cc3[nH]2)c1N. The fraction of sp³-hybridized carbons (Fsp3) is 0.148. The van der Waals surface area contributed by atoms with Crippen molar-refractivity contribution in [2.75, 3.05) is 10.5 Å². The lowest BCUT2D eigenvalue weighted by atomic mass is 10.1. The van der Waals surface area contributed by atoms with Gasteiger partial charge in [-0.1, -0.05) is 23.7 Å². The number of pyridine rings is 1. The molecule has 3 heterocycles. The minimum Gasteiger partial charge on any atom is -0.437 e. The molecule has 4 N–H and O–H groups in total. The van der Waals surface area contributed by atoms with Gasteiger partial charge in [-0.05, 0) is 55.7 Å². The minimum atomic E-state index is -3.65. The number of H-pyrrole nitrogens is 1. The lowest BCUT2D eigenvalue weighted by molar-refractivity contribution is 0.103. The quantitative estimate of drug-likeness (QED) is 0.209. The number of hydrogen-bond donors (Lipinski definition) is 3. The van der Waals surface area contributed by atoms with Crippen molar-refractivity contribution in [2.45, 2.75) is 25.0 Å². The summed E-state index contributed by atoms with van der Waals surface area (Å²) in [6, 6.07) is 12.7. The van der Waals surface area contributed by atoms with Crippen molar-refractivity contribution in [1.29, 1.82) is 0 Å². The van der Waals surface area contributed by atoms with E-state index in [4.69, 9.17) is 22.1 Å². The number of sulfonamides is 1. The summed E-state index contributed by atoms with van der Waals surface area (Å²) in [6.07, 6.45) is 3.96. The Morgan fingerprint density at radius 3 is 2.70 bits per heavy atom. The predicted molar refractivity (Wildman–Crippen MR) is 149 cm³/mol. The van der Waals surface area contributed by atoms with Crippen LogP contribution in [0.5, 0.6) is 11.6 Å². The lowest BCUT2D eigenvalue weighted by Gasteiger charge is -2.11. The molecule has 0 amide bonds. The van der Waals surface area contributed by atoms with E-state index in [-0.39, 0.29) is 22.8 Å². The van der Waals surface area contributed by atoms with Crippen LogP contribution in [0.3, 0.4) is 0 Å². The summed E-state index contributed by atoms with van der Waals surface area (Å²) >= 11 is 6.16. The average molecular weight is 581 g/mol. The normalized spacial score (nSPS) is 13.5. The Morgan fingerprint density at radius 2 is 1.98 bits per heavy atom. The highest BCUT2D eigenvalue weighted by molar-refractivity contribution is 7.93. The Kier molecular flexibility index (Phi) is 6.23. The van der Waals surface area contributed by atoms with Crippen LogP contribution in [0.15, 0.2) is 60.9 Å². The van der Waals surface area contributed by atoms with E-state index in [1.165, 1.54) is 35.3 Å². The maximum absolute atomic E-state index is 14.6. The summed E-state index contributed by atoms with van der Waals surface area (Å²) in [4.78, 5) is 20.6. The number of aryl methyl sites for hydroxylation is 1. The molecule has 204 valence electrons. The zero-order valence-corrected chi connectivity index (χ0v) is 22.6. The number of benzene rings is 2. The van der Waals surface area contributed by atoms with E-state index < -0.39 is 26.9 Å². The summed E-state index contributed by atoms with van der Waals surface area (Å²) in [6.45, 7) is 1.82. The number of ether oxygens (including phenoxy) is 1. The second-order valence-electron chi connectivity index (χ2n) is 9.47. The first-order valence-electron chi connectivity index (χ1n) is 12.2. The Hall–Kier alpha value is -4.42. The number of nitrogens with zero attached hydrogens (tertiary/aromatic N) is 3. The molecule has 2 aromatic carbocycles. The molecular weight excluding hydrogens is 559 g/mol. The lowest BCUT2D eigenvalue weighted by Crippen LogP contribution is -2.18. The molecule has 0 radical (unpaired) electrons. The molecule has 5 aromatic rings. The Balaban J connectivity index is 1.26. The van der Waals surface area contributed by atoms with Gasteiger partial charge in [0.1, 0.15) is 17.4 Å². The van der Waals surface area contributed by atoms with Crippen LogP contribution in [0.25, 0.3) is 16.6 Å². The van der Waals surface area contributed by atoms with Gasteiger partial charge in [-0.2, -0.15) is 5.10 Å². The van der Waals surface area contributed by atoms with Crippen LogP contribution in [0.1, 0.15) is 34.5 Å². The number of carbonyl (C=O) groups is 1. The molecule has 1 fully saturated rings. The van der Waals surface area contributed by atoms with Gasteiger partial charge >= 0.3 is 0 Å². The van der Waals surface area contributed by atoms with Crippen LogP contribution in [-0.4, -0.2) is 39.2 Å². The van der Waals surface area contributed by atoms with Crippen molar-refractivity contribution >= 4 is 49.8 Å². The van der Waals surface area contributed by atoms with Crippen molar-refractivity contribution in [1.82, 2.24) is 19.7 Å². The number of nitrogens with two attached hydrogens (primary N) is 1.